The number of anilines is 1. The van der Waals surface area contributed by atoms with Gasteiger partial charge in [0, 0.05) is 57.1 Å². The molecule has 3 amide bonds. The highest BCUT2D eigenvalue weighted by atomic mass is 19.1. The first-order valence-corrected chi connectivity index (χ1v) is 10.6. The standard InChI is InChI=1S/C23H27FN4O3/c24-19-8-6-18(7-9-19)22(29)27-12-10-26(11-13-27)16-21-17-28(14-15-31-21)23(30)25-20-4-2-1-3-5-20/h1-9,21H,10-17H2,(H,25,30). The molecular weight excluding hydrogens is 399 g/mol. The van der Waals surface area contributed by atoms with Crippen molar-refractivity contribution >= 4 is 17.6 Å². The van der Waals surface area contributed by atoms with Crippen LogP contribution in [0.15, 0.2) is 54.6 Å². The quantitative estimate of drug-likeness (QED) is 0.816. The van der Waals surface area contributed by atoms with Crippen LogP contribution in [0.4, 0.5) is 14.9 Å². The number of carbonyl (C=O) groups is 2. The number of carbonyl (C=O) groups excluding carboxylic acids is 2. The number of piperazine rings is 1. The molecule has 7 nitrogen and oxygen atoms in total. The number of hydrogen-bond donors (Lipinski definition) is 1. The van der Waals surface area contributed by atoms with Crippen molar-refractivity contribution in [3.05, 3.63) is 66.0 Å². The highest BCUT2D eigenvalue weighted by Gasteiger charge is 2.28. The number of para-hydroxylation sites is 1. The Bertz CT molecular complexity index is 885. The summed E-state index contributed by atoms with van der Waals surface area (Å²) in [7, 11) is 0. The fourth-order valence-electron chi connectivity index (χ4n) is 3.93. The number of rotatable bonds is 4. The molecule has 8 heteroatoms. The number of amides is 3. The van der Waals surface area contributed by atoms with E-state index in [1.54, 1.807) is 9.80 Å². The van der Waals surface area contributed by atoms with E-state index >= 15 is 0 Å². The maximum Gasteiger partial charge on any atom is 0.322 e. The fraction of sp³-hybridized carbons (Fsp3) is 0.391. The molecule has 1 atom stereocenters. The van der Waals surface area contributed by atoms with E-state index in [0.29, 0.717) is 44.9 Å². The molecule has 31 heavy (non-hydrogen) atoms. The fourth-order valence-corrected chi connectivity index (χ4v) is 3.93. The molecule has 2 heterocycles. The lowest BCUT2D eigenvalue weighted by Crippen LogP contribution is -2.54. The zero-order valence-corrected chi connectivity index (χ0v) is 17.4. The Hall–Kier alpha value is -2.97. The molecule has 2 aromatic carbocycles. The number of hydrogen-bond acceptors (Lipinski definition) is 4. The first-order valence-electron chi connectivity index (χ1n) is 10.6. The molecule has 2 saturated heterocycles. The number of urea groups is 1. The average Bonchev–Trinajstić information content (AvgIpc) is 2.80. The van der Waals surface area contributed by atoms with Crippen molar-refractivity contribution < 1.29 is 18.7 Å². The Morgan fingerprint density at radius 3 is 2.35 bits per heavy atom. The zero-order valence-electron chi connectivity index (χ0n) is 17.4. The van der Waals surface area contributed by atoms with E-state index in [4.69, 9.17) is 4.74 Å². The van der Waals surface area contributed by atoms with E-state index in [1.165, 1.54) is 24.3 Å². The summed E-state index contributed by atoms with van der Waals surface area (Å²) in [4.78, 5) is 31.0. The molecule has 0 aliphatic carbocycles. The second kappa shape index (κ2) is 9.89. The molecule has 0 bridgehead atoms. The van der Waals surface area contributed by atoms with Crippen LogP contribution in [-0.2, 0) is 4.74 Å². The van der Waals surface area contributed by atoms with Crippen molar-refractivity contribution in [3.8, 4) is 0 Å². The predicted octanol–water partition coefficient (Wildman–Crippen LogP) is 2.52. The van der Waals surface area contributed by atoms with Crippen LogP contribution in [0, 0.1) is 5.82 Å². The monoisotopic (exact) mass is 426 g/mol. The highest BCUT2D eigenvalue weighted by molar-refractivity contribution is 5.94. The largest absolute Gasteiger partial charge is 0.373 e. The van der Waals surface area contributed by atoms with Crippen LogP contribution in [0.2, 0.25) is 0 Å². The van der Waals surface area contributed by atoms with Gasteiger partial charge in [-0.25, -0.2) is 9.18 Å². The summed E-state index contributed by atoms with van der Waals surface area (Å²) in [5.74, 6) is -0.419. The van der Waals surface area contributed by atoms with Crippen LogP contribution in [0.5, 0.6) is 0 Å². The molecule has 1 unspecified atom stereocenters. The van der Waals surface area contributed by atoms with Gasteiger partial charge < -0.3 is 19.9 Å². The summed E-state index contributed by atoms with van der Waals surface area (Å²) < 4.78 is 19.0. The van der Waals surface area contributed by atoms with Gasteiger partial charge in [0.25, 0.3) is 5.91 Å². The van der Waals surface area contributed by atoms with Crippen molar-refractivity contribution in [2.45, 2.75) is 6.10 Å². The van der Waals surface area contributed by atoms with Gasteiger partial charge in [0.2, 0.25) is 0 Å². The molecule has 2 aliphatic rings. The maximum absolute atomic E-state index is 13.1. The second-order valence-corrected chi connectivity index (χ2v) is 7.83. The van der Waals surface area contributed by atoms with Gasteiger partial charge in [-0.05, 0) is 36.4 Å². The molecule has 0 radical (unpaired) electrons. The van der Waals surface area contributed by atoms with E-state index in [1.807, 2.05) is 30.3 Å². The number of morpholine rings is 1. The first-order chi connectivity index (χ1) is 15.1. The van der Waals surface area contributed by atoms with Crippen LogP contribution in [0.1, 0.15) is 10.4 Å². The molecular formula is C23H27FN4O3. The second-order valence-electron chi connectivity index (χ2n) is 7.83. The lowest BCUT2D eigenvalue weighted by Gasteiger charge is -2.39. The van der Waals surface area contributed by atoms with Crippen LogP contribution >= 0.6 is 0 Å². The van der Waals surface area contributed by atoms with E-state index < -0.39 is 0 Å². The average molecular weight is 426 g/mol. The molecule has 0 aromatic heterocycles. The van der Waals surface area contributed by atoms with Crippen LogP contribution < -0.4 is 5.32 Å². The highest BCUT2D eigenvalue weighted by Crippen LogP contribution is 2.14. The Labute approximate surface area is 181 Å². The molecule has 0 saturated carbocycles. The summed E-state index contributed by atoms with van der Waals surface area (Å²) in [6.07, 6.45) is -0.0605. The summed E-state index contributed by atoms with van der Waals surface area (Å²) >= 11 is 0. The summed E-state index contributed by atoms with van der Waals surface area (Å²) in [6, 6.07) is 15.0. The Morgan fingerprint density at radius 2 is 1.65 bits per heavy atom. The topological polar surface area (TPSA) is 65.1 Å². The first kappa shape index (κ1) is 21.3. The zero-order chi connectivity index (χ0) is 21.6. The Kier molecular flexibility index (Phi) is 6.79. The summed E-state index contributed by atoms with van der Waals surface area (Å²) in [5, 5.41) is 2.92. The third kappa shape index (κ3) is 5.59. The van der Waals surface area contributed by atoms with Crippen LogP contribution in [0.25, 0.3) is 0 Å². The van der Waals surface area contributed by atoms with Crippen molar-refractivity contribution in [1.29, 1.82) is 0 Å². The number of nitrogens with zero attached hydrogens (tertiary/aromatic N) is 3. The molecule has 2 fully saturated rings. The lowest BCUT2D eigenvalue weighted by molar-refractivity contribution is -0.0338. The van der Waals surface area contributed by atoms with E-state index in [9.17, 15) is 14.0 Å². The van der Waals surface area contributed by atoms with Gasteiger partial charge in [-0.15, -0.1) is 0 Å². The molecule has 2 aliphatic heterocycles. The normalized spacial score (nSPS) is 19.8. The molecule has 164 valence electrons. The van der Waals surface area contributed by atoms with E-state index in [0.717, 1.165) is 18.8 Å². The minimum Gasteiger partial charge on any atom is -0.373 e. The van der Waals surface area contributed by atoms with Gasteiger partial charge in [-0.2, -0.15) is 0 Å². The molecule has 2 aromatic rings. The number of nitrogens with one attached hydrogen (secondary N) is 1. The van der Waals surface area contributed by atoms with Crippen LogP contribution in [0.3, 0.4) is 0 Å². The van der Waals surface area contributed by atoms with Crippen molar-refractivity contribution in [2.75, 3.05) is 57.7 Å². The third-order valence-corrected chi connectivity index (χ3v) is 5.66. The van der Waals surface area contributed by atoms with E-state index in [2.05, 4.69) is 10.2 Å². The smallest absolute Gasteiger partial charge is 0.322 e. The maximum atomic E-state index is 13.1. The van der Waals surface area contributed by atoms with Gasteiger partial charge in [0.05, 0.1) is 12.7 Å². The third-order valence-electron chi connectivity index (χ3n) is 5.66. The molecule has 4 rings (SSSR count). The van der Waals surface area contributed by atoms with Crippen molar-refractivity contribution in [1.82, 2.24) is 14.7 Å². The predicted molar refractivity (Wildman–Crippen MR) is 116 cm³/mol. The van der Waals surface area contributed by atoms with Crippen molar-refractivity contribution in [3.63, 3.8) is 0 Å². The SMILES string of the molecule is O=C(Nc1ccccc1)N1CCOC(CN2CCN(C(=O)c3ccc(F)cc3)CC2)C1. The Balaban J connectivity index is 1.24. The molecule has 0 spiro atoms. The summed E-state index contributed by atoms with van der Waals surface area (Å²) in [5.41, 5.74) is 1.28. The molecule has 1 N–H and O–H groups in total. The Morgan fingerprint density at radius 1 is 0.935 bits per heavy atom. The van der Waals surface area contributed by atoms with Crippen LogP contribution in [-0.4, -0.2) is 85.2 Å². The van der Waals surface area contributed by atoms with Crippen molar-refractivity contribution in [2.24, 2.45) is 0 Å². The minimum absolute atomic E-state index is 0.0605. The van der Waals surface area contributed by atoms with Gasteiger partial charge in [-0.3, -0.25) is 9.69 Å². The van der Waals surface area contributed by atoms with Gasteiger partial charge in [-0.1, -0.05) is 18.2 Å². The minimum atomic E-state index is -0.347. The lowest BCUT2D eigenvalue weighted by atomic mass is 10.1. The van der Waals surface area contributed by atoms with E-state index in [-0.39, 0.29) is 23.9 Å². The van der Waals surface area contributed by atoms with Gasteiger partial charge >= 0.3 is 6.03 Å². The summed E-state index contributed by atoms with van der Waals surface area (Å²) in [6.45, 7) is 5.03. The van der Waals surface area contributed by atoms with Gasteiger partial charge in [0.1, 0.15) is 5.82 Å². The number of ether oxygens (including phenoxy) is 1. The number of halogens is 1. The van der Waals surface area contributed by atoms with Gasteiger partial charge in [0.15, 0.2) is 0 Å². The number of benzene rings is 2.